The summed E-state index contributed by atoms with van der Waals surface area (Å²) in [5, 5.41) is 4.41. The van der Waals surface area contributed by atoms with Gasteiger partial charge in [0.1, 0.15) is 5.82 Å². The molecule has 1 aliphatic carbocycles. The molecule has 0 unspecified atom stereocenters. The van der Waals surface area contributed by atoms with E-state index in [1.807, 2.05) is 19.2 Å². The molecule has 122 valence electrons. The van der Waals surface area contributed by atoms with Gasteiger partial charge in [-0.15, -0.1) is 0 Å². The van der Waals surface area contributed by atoms with Gasteiger partial charge >= 0.3 is 0 Å². The Kier molecular flexibility index (Phi) is 3.39. The second kappa shape index (κ2) is 5.35. The van der Waals surface area contributed by atoms with Crippen LogP contribution in [0.3, 0.4) is 0 Å². The Morgan fingerprint density at radius 2 is 2.04 bits per heavy atom. The van der Waals surface area contributed by atoms with E-state index >= 15 is 0 Å². The van der Waals surface area contributed by atoms with Crippen molar-refractivity contribution in [2.24, 2.45) is 0 Å². The fraction of sp³-hybridized carbons (Fsp3) is 0.211. The van der Waals surface area contributed by atoms with Crippen molar-refractivity contribution in [1.29, 1.82) is 0 Å². The zero-order chi connectivity index (χ0) is 16.9. The molecule has 1 heterocycles. The molecule has 0 aliphatic heterocycles. The molecule has 1 saturated carbocycles. The van der Waals surface area contributed by atoms with E-state index in [1.54, 1.807) is 18.2 Å². The molecule has 2 N–H and O–H groups in total. The van der Waals surface area contributed by atoms with Crippen LogP contribution in [0.1, 0.15) is 24.0 Å². The van der Waals surface area contributed by atoms with Crippen molar-refractivity contribution in [3.63, 3.8) is 0 Å². The fourth-order valence-electron chi connectivity index (χ4n) is 3.24. The smallest absolute Gasteiger partial charge is 0.235 e. The molecule has 3 aromatic rings. The summed E-state index contributed by atoms with van der Waals surface area (Å²) in [5.74, 6) is -0.355. The van der Waals surface area contributed by atoms with Crippen molar-refractivity contribution in [2.75, 3.05) is 5.32 Å². The Hall–Kier alpha value is -2.33. The van der Waals surface area contributed by atoms with Gasteiger partial charge in [-0.2, -0.15) is 0 Å². The van der Waals surface area contributed by atoms with Crippen molar-refractivity contribution in [3.8, 4) is 0 Å². The number of carbonyl (C=O) groups is 1. The van der Waals surface area contributed by atoms with E-state index in [2.05, 4.69) is 10.3 Å². The molecule has 4 rings (SSSR count). The van der Waals surface area contributed by atoms with E-state index in [0.717, 1.165) is 40.6 Å². The molecule has 2 aromatic carbocycles. The summed E-state index contributed by atoms with van der Waals surface area (Å²) in [6.45, 7) is 1.90. The highest BCUT2D eigenvalue weighted by atomic mass is 35.5. The van der Waals surface area contributed by atoms with Gasteiger partial charge in [0, 0.05) is 27.8 Å². The Morgan fingerprint density at radius 3 is 2.75 bits per heavy atom. The summed E-state index contributed by atoms with van der Waals surface area (Å²) in [5.41, 5.74) is 2.78. The van der Waals surface area contributed by atoms with Crippen LogP contribution in [-0.4, -0.2) is 10.9 Å². The highest BCUT2D eigenvalue weighted by Crippen LogP contribution is 2.51. The van der Waals surface area contributed by atoms with Gasteiger partial charge in [-0.05, 0) is 67.3 Å². The first-order valence-corrected chi connectivity index (χ1v) is 8.22. The predicted molar refractivity (Wildman–Crippen MR) is 94.0 cm³/mol. The minimum absolute atomic E-state index is 0.0573. The van der Waals surface area contributed by atoms with Gasteiger partial charge in [-0.1, -0.05) is 11.6 Å². The number of halogens is 2. The number of benzene rings is 2. The Labute approximate surface area is 143 Å². The SMILES string of the molecule is Cc1cc(Cl)ccc1NC(=O)C1(c2c[nH]c3ccc(F)cc23)CC1. The largest absolute Gasteiger partial charge is 0.361 e. The summed E-state index contributed by atoms with van der Waals surface area (Å²) in [6, 6.07) is 9.98. The van der Waals surface area contributed by atoms with E-state index in [1.165, 1.54) is 12.1 Å². The number of aromatic amines is 1. The van der Waals surface area contributed by atoms with Crippen molar-refractivity contribution >= 4 is 34.1 Å². The lowest BCUT2D eigenvalue weighted by Gasteiger charge is -2.16. The zero-order valence-electron chi connectivity index (χ0n) is 13.1. The minimum atomic E-state index is -0.585. The average molecular weight is 343 g/mol. The number of anilines is 1. The first-order chi connectivity index (χ1) is 11.5. The van der Waals surface area contributed by atoms with Gasteiger partial charge in [0.2, 0.25) is 5.91 Å². The molecule has 1 aliphatic rings. The number of hydrogen-bond acceptors (Lipinski definition) is 1. The number of amides is 1. The van der Waals surface area contributed by atoms with Crippen LogP contribution < -0.4 is 5.32 Å². The second-order valence-corrected chi connectivity index (χ2v) is 6.82. The molecule has 0 spiro atoms. The Morgan fingerprint density at radius 1 is 1.25 bits per heavy atom. The Balaban J connectivity index is 1.69. The molecule has 1 fully saturated rings. The first kappa shape index (κ1) is 15.2. The summed E-state index contributed by atoms with van der Waals surface area (Å²) in [7, 11) is 0. The highest BCUT2D eigenvalue weighted by molar-refractivity contribution is 6.30. The van der Waals surface area contributed by atoms with Gasteiger partial charge in [0.05, 0.1) is 5.41 Å². The third kappa shape index (κ3) is 2.38. The maximum atomic E-state index is 13.6. The molecule has 0 radical (unpaired) electrons. The van der Waals surface area contributed by atoms with Gasteiger partial charge in [0.25, 0.3) is 0 Å². The minimum Gasteiger partial charge on any atom is -0.361 e. The average Bonchev–Trinajstić information content (AvgIpc) is 3.24. The standard InChI is InChI=1S/C19H16ClFN2O/c1-11-8-12(20)2-4-16(11)23-18(24)19(6-7-19)15-10-22-17-5-3-13(21)9-14(15)17/h2-5,8-10,22H,6-7H2,1H3,(H,23,24). The molecule has 0 atom stereocenters. The third-order valence-electron chi connectivity index (χ3n) is 4.78. The van der Waals surface area contributed by atoms with Crippen molar-refractivity contribution in [2.45, 2.75) is 25.2 Å². The molecule has 5 heteroatoms. The van der Waals surface area contributed by atoms with E-state index in [-0.39, 0.29) is 11.7 Å². The molecule has 24 heavy (non-hydrogen) atoms. The number of aromatic nitrogens is 1. The van der Waals surface area contributed by atoms with E-state index in [0.29, 0.717) is 5.02 Å². The normalized spacial score (nSPS) is 15.5. The number of hydrogen-bond donors (Lipinski definition) is 2. The van der Waals surface area contributed by atoms with E-state index in [9.17, 15) is 9.18 Å². The van der Waals surface area contributed by atoms with Crippen LogP contribution in [0.4, 0.5) is 10.1 Å². The van der Waals surface area contributed by atoms with E-state index in [4.69, 9.17) is 11.6 Å². The van der Waals surface area contributed by atoms with Crippen LogP contribution in [0.25, 0.3) is 10.9 Å². The van der Waals surface area contributed by atoms with Crippen LogP contribution in [0, 0.1) is 12.7 Å². The van der Waals surface area contributed by atoms with Crippen molar-refractivity contribution < 1.29 is 9.18 Å². The van der Waals surface area contributed by atoms with Crippen molar-refractivity contribution in [1.82, 2.24) is 4.98 Å². The summed E-state index contributed by atoms with van der Waals surface area (Å²) in [4.78, 5) is 16.0. The van der Waals surface area contributed by atoms with Crippen LogP contribution in [0.5, 0.6) is 0 Å². The number of carbonyl (C=O) groups excluding carboxylic acids is 1. The fourth-order valence-corrected chi connectivity index (χ4v) is 3.47. The molecular formula is C19H16ClFN2O. The molecule has 1 amide bonds. The van der Waals surface area contributed by atoms with E-state index < -0.39 is 5.41 Å². The molecule has 3 nitrogen and oxygen atoms in total. The van der Waals surface area contributed by atoms with Crippen molar-refractivity contribution in [3.05, 3.63) is 64.6 Å². The van der Waals surface area contributed by atoms with Crippen LogP contribution in [0.15, 0.2) is 42.6 Å². The third-order valence-corrected chi connectivity index (χ3v) is 5.02. The highest BCUT2D eigenvalue weighted by Gasteiger charge is 2.52. The molecular weight excluding hydrogens is 327 g/mol. The lowest BCUT2D eigenvalue weighted by Crippen LogP contribution is -2.28. The molecule has 0 bridgehead atoms. The monoisotopic (exact) mass is 342 g/mol. The summed E-state index contributed by atoms with van der Waals surface area (Å²) < 4.78 is 13.6. The maximum Gasteiger partial charge on any atom is 0.235 e. The number of H-pyrrole nitrogens is 1. The maximum absolute atomic E-state index is 13.6. The van der Waals surface area contributed by atoms with Gasteiger partial charge in [-0.3, -0.25) is 4.79 Å². The predicted octanol–water partition coefficient (Wildman–Crippen LogP) is 4.94. The number of fused-ring (bicyclic) bond motifs is 1. The lowest BCUT2D eigenvalue weighted by atomic mass is 9.94. The number of aryl methyl sites for hydroxylation is 1. The second-order valence-electron chi connectivity index (χ2n) is 6.39. The number of nitrogens with one attached hydrogen (secondary N) is 2. The quantitative estimate of drug-likeness (QED) is 0.695. The molecule has 1 aromatic heterocycles. The topological polar surface area (TPSA) is 44.9 Å². The van der Waals surface area contributed by atoms with Gasteiger partial charge in [0.15, 0.2) is 0 Å². The van der Waals surface area contributed by atoms with Gasteiger partial charge < -0.3 is 10.3 Å². The first-order valence-electron chi connectivity index (χ1n) is 7.84. The van der Waals surface area contributed by atoms with Crippen LogP contribution >= 0.6 is 11.6 Å². The number of rotatable bonds is 3. The summed E-state index contributed by atoms with van der Waals surface area (Å²) >= 11 is 5.96. The lowest BCUT2D eigenvalue weighted by molar-refractivity contribution is -0.118. The zero-order valence-corrected chi connectivity index (χ0v) is 13.9. The van der Waals surface area contributed by atoms with Gasteiger partial charge in [-0.25, -0.2) is 4.39 Å². The Bertz CT molecular complexity index is 959. The van der Waals surface area contributed by atoms with Crippen LogP contribution in [0.2, 0.25) is 5.02 Å². The molecule has 0 saturated heterocycles. The van der Waals surface area contributed by atoms with Crippen LogP contribution in [-0.2, 0) is 10.2 Å². The summed E-state index contributed by atoms with van der Waals surface area (Å²) in [6.07, 6.45) is 3.34.